The quantitative estimate of drug-likeness (QED) is 0.626. The summed E-state index contributed by atoms with van der Waals surface area (Å²) in [6, 6.07) is 0. The van der Waals surface area contributed by atoms with Crippen molar-refractivity contribution in [2.45, 2.75) is 45.6 Å². The van der Waals surface area contributed by atoms with Gasteiger partial charge in [0.1, 0.15) is 0 Å². The summed E-state index contributed by atoms with van der Waals surface area (Å²) in [4.78, 5) is 0. The molecule has 0 radical (unpaired) electrons. The summed E-state index contributed by atoms with van der Waals surface area (Å²) in [5, 5.41) is 9.48. The third-order valence-electron chi connectivity index (χ3n) is 2.70. The fourth-order valence-corrected chi connectivity index (χ4v) is 1.93. The molecule has 1 rings (SSSR count). The molecular formula is C9H18O. The third kappa shape index (κ3) is 1.72. The summed E-state index contributed by atoms with van der Waals surface area (Å²) < 4.78 is 0. The van der Waals surface area contributed by atoms with Crippen LogP contribution in [-0.2, 0) is 0 Å². The summed E-state index contributed by atoms with van der Waals surface area (Å²) in [6.45, 7) is 4.34. The molecule has 1 saturated carbocycles. The Balaban J connectivity index is 2.29. The Bertz CT molecular complexity index is 101. The van der Waals surface area contributed by atoms with Crippen LogP contribution >= 0.6 is 0 Å². The van der Waals surface area contributed by atoms with Crippen molar-refractivity contribution in [2.24, 2.45) is 11.8 Å². The SMILES string of the molecule is CC[C@@H](O)C1CCC(C)C1. The molecule has 0 heterocycles. The van der Waals surface area contributed by atoms with Gasteiger partial charge in [-0.2, -0.15) is 0 Å². The molecule has 10 heavy (non-hydrogen) atoms. The Hall–Kier alpha value is -0.0400. The maximum atomic E-state index is 9.48. The smallest absolute Gasteiger partial charge is 0.0565 e. The van der Waals surface area contributed by atoms with E-state index in [1.54, 1.807) is 0 Å². The highest BCUT2D eigenvalue weighted by atomic mass is 16.3. The van der Waals surface area contributed by atoms with Gasteiger partial charge in [0.05, 0.1) is 6.10 Å². The van der Waals surface area contributed by atoms with Crippen LogP contribution < -0.4 is 0 Å². The molecule has 2 unspecified atom stereocenters. The molecule has 0 aromatic carbocycles. The van der Waals surface area contributed by atoms with Crippen LogP contribution in [0, 0.1) is 11.8 Å². The summed E-state index contributed by atoms with van der Waals surface area (Å²) in [7, 11) is 0. The van der Waals surface area contributed by atoms with Crippen molar-refractivity contribution >= 4 is 0 Å². The standard InChI is InChI=1S/C9H18O/c1-3-9(10)8-5-4-7(2)6-8/h7-10H,3-6H2,1-2H3/t7?,8?,9-/m1/s1. The van der Waals surface area contributed by atoms with E-state index in [1.807, 2.05) is 0 Å². The van der Waals surface area contributed by atoms with Crippen LogP contribution in [0.3, 0.4) is 0 Å². The molecule has 1 aliphatic carbocycles. The van der Waals surface area contributed by atoms with E-state index in [0.29, 0.717) is 5.92 Å². The number of rotatable bonds is 2. The van der Waals surface area contributed by atoms with E-state index in [-0.39, 0.29) is 6.10 Å². The molecule has 60 valence electrons. The Morgan fingerprint density at radius 3 is 2.60 bits per heavy atom. The average molecular weight is 142 g/mol. The molecule has 0 saturated heterocycles. The molecule has 1 nitrogen and oxygen atoms in total. The first-order chi connectivity index (χ1) is 4.74. The molecule has 0 bridgehead atoms. The predicted octanol–water partition coefficient (Wildman–Crippen LogP) is 2.19. The van der Waals surface area contributed by atoms with Crippen molar-refractivity contribution in [3.8, 4) is 0 Å². The van der Waals surface area contributed by atoms with Gasteiger partial charge in [-0.15, -0.1) is 0 Å². The monoisotopic (exact) mass is 142 g/mol. The zero-order valence-electron chi connectivity index (χ0n) is 7.01. The molecule has 1 fully saturated rings. The Labute approximate surface area is 63.4 Å². The summed E-state index contributed by atoms with van der Waals surface area (Å²) in [5.41, 5.74) is 0. The highest BCUT2D eigenvalue weighted by molar-refractivity contribution is 4.77. The van der Waals surface area contributed by atoms with E-state index < -0.39 is 0 Å². The van der Waals surface area contributed by atoms with Crippen LogP contribution in [-0.4, -0.2) is 11.2 Å². The Kier molecular flexibility index (Phi) is 2.72. The minimum atomic E-state index is -0.0232. The summed E-state index contributed by atoms with van der Waals surface area (Å²) in [5.74, 6) is 1.46. The van der Waals surface area contributed by atoms with Gasteiger partial charge in [0.25, 0.3) is 0 Å². The molecule has 0 aromatic rings. The van der Waals surface area contributed by atoms with E-state index >= 15 is 0 Å². The first-order valence-electron chi connectivity index (χ1n) is 4.42. The van der Waals surface area contributed by atoms with Gasteiger partial charge in [-0.3, -0.25) is 0 Å². The maximum absolute atomic E-state index is 9.48. The molecule has 0 aromatic heterocycles. The van der Waals surface area contributed by atoms with Gasteiger partial charge in [0.15, 0.2) is 0 Å². The first-order valence-corrected chi connectivity index (χ1v) is 4.42. The lowest BCUT2D eigenvalue weighted by Gasteiger charge is -2.15. The maximum Gasteiger partial charge on any atom is 0.0565 e. The fourth-order valence-electron chi connectivity index (χ4n) is 1.93. The predicted molar refractivity (Wildman–Crippen MR) is 42.8 cm³/mol. The molecule has 1 N–H and O–H groups in total. The number of aliphatic hydroxyl groups is 1. The number of hydrogen-bond donors (Lipinski definition) is 1. The lowest BCUT2D eigenvalue weighted by Crippen LogP contribution is -2.16. The van der Waals surface area contributed by atoms with Gasteiger partial charge in [-0.1, -0.05) is 20.3 Å². The van der Waals surface area contributed by atoms with E-state index in [2.05, 4.69) is 13.8 Å². The molecule has 0 spiro atoms. The van der Waals surface area contributed by atoms with E-state index in [4.69, 9.17) is 0 Å². The van der Waals surface area contributed by atoms with E-state index in [0.717, 1.165) is 12.3 Å². The second-order valence-electron chi connectivity index (χ2n) is 3.65. The van der Waals surface area contributed by atoms with E-state index in [1.165, 1.54) is 19.3 Å². The van der Waals surface area contributed by atoms with Gasteiger partial charge < -0.3 is 5.11 Å². The van der Waals surface area contributed by atoms with Crippen LogP contribution in [0.2, 0.25) is 0 Å². The van der Waals surface area contributed by atoms with E-state index in [9.17, 15) is 5.11 Å². The summed E-state index contributed by atoms with van der Waals surface area (Å²) in [6.07, 6.45) is 4.72. The second-order valence-corrected chi connectivity index (χ2v) is 3.65. The average Bonchev–Trinajstić information content (AvgIpc) is 2.34. The van der Waals surface area contributed by atoms with Gasteiger partial charge in [-0.25, -0.2) is 0 Å². The highest BCUT2D eigenvalue weighted by Gasteiger charge is 2.25. The Morgan fingerprint density at radius 2 is 2.20 bits per heavy atom. The van der Waals surface area contributed by atoms with Crippen LogP contribution in [0.15, 0.2) is 0 Å². The normalized spacial score (nSPS) is 36.3. The number of hydrogen-bond acceptors (Lipinski definition) is 1. The third-order valence-corrected chi connectivity index (χ3v) is 2.70. The van der Waals surface area contributed by atoms with Gasteiger partial charge in [-0.05, 0) is 31.1 Å². The topological polar surface area (TPSA) is 20.2 Å². The first kappa shape index (κ1) is 8.06. The van der Waals surface area contributed by atoms with Gasteiger partial charge >= 0.3 is 0 Å². The van der Waals surface area contributed by atoms with Crippen molar-refractivity contribution in [1.82, 2.24) is 0 Å². The molecule has 0 amide bonds. The van der Waals surface area contributed by atoms with Crippen molar-refractivity contribution in [3.05, 3.63) is 0 Å². The minimum Gasteiger partial charge on any atom is -0.393 e. The molecule has 1 heteroatoms. The Morgan fingerprint density at radius 1 is 1.50 bits per heavy atom. The van der Waals surface area contributed by atoms with Crippen molar-refractivity contribution in [1.29, 1.82) is 0 Å². The van der Waals surface area contributed by atoms with Gasteiger partial charge in [0.2, 0.25) is 0 Å². The van der Waals surface area contributed by atoms with Crippen molar-refractivity contribution in [3.63, 3.8) is 0 Å². The van der Waals surface area contributed by atoms with Crippen LogP contribution in [0.25, 0.3) is 0 Å². The summed E-state index contributed by atoms with van der Waals surface area (Å²) >= 11 is 0. The number of aliphatic hydroxyl groups excluding tert-OH is 1. The zero-order chi connectivity index (χ0) is 7.56. The highest BCUT2D eigenvalue weighted by Crippen LogP contribution is 2.33. The fraction of sp³-hybridized carbons (Fsp3) is 1.00. The van der Waals surface area contributed by atoms with Crippen LogP contribution in [0.4, 0.5) is 0 Å². The van der Waals surface area contributed by atoms with Gasteiger partial charge in [0, 0.05) is 0 Å². The molecule has 1 aliphatic rings. The minimum absolute atomic E-state index is 0.0232. The lowest BCUT2D eigenvalue weighted by molar-refractivity contribution is 0.105. The molecule has 3 atom stereocenters. The van der Waals surface area contributed by atoms with Crippen LogP contribution in [0.1, 0.15) is 39.5 Å². The second kappa shape index (κ2) is 3.38. The largest absolute Gasteiger partial charge is 0.393 e. The van der Waals surface area contributed by atoms with Crippen LogP contribution in [0.5, 0.6) is 0 Å². The van der Waals surface area contributed by atoms with Crippen molar-refractivity contribution in [2.75, 3.05) is 0 Å². The van der Waals surface area contributed by atoms with Crippen molar-refractivity contribution < 1.29 is 5.11 Å². The lowest BCUT2D eigenvalue weighted by atomic mass is 9.98. The molecular weight excluding hydrogens is 124 g/mol. The zero-order valence-corrected chi connectivity index (χ0v) is 7.01. The molecule has 0 aliphatic heterocycles.